The lowest BCUT2D eigenvalue weighted by Gasteiger charge is -2.07. The number of aryl methyl sites for hydroxylation is 1. The van der Waals surface area contributed by atoms with Gasteiger partial charge in [-0.3, -0.25) is 0 Å². The average Bonchev–Trinajstić information content (AvgIpc) is 2.90. The van der Waals surface area contributed by atoms with Gasteiger partial charge in [-0.1, -0.05) is 29.8 Å². The zero-order valence-corrected chi connectivity index (χ0v) is 11.6. The smallest absolute Gasteiger partial charge is 0.365 e. The summed E-state index contributed by atoms with van der Waals surface area (Å²) in [5.41, 5.74) is 2.20. The van der Waals surface area contributed by atoms with Crippen molar-refractivity contribution in [1.29, 1.82) is 0 Å². The van der Waals surface area contributed by atoms with Crippen molar-refractivity contribution in [3.8, 4) is 0 Å². The predicted molar refractivity (Wildman–Crippen MR) is 74.3 cm³/mol. The van der Waals surface area contributed by atoms with Crippen LogP contribution in [-0.2, 0) is 12.7 Å². The number of aromatic nitrogens is 4. The molecule has 2 heterocycles. The Hall–Kier alpha value is -2.64. The SMILES string of the molecule is Cc1ccc(CNc2ccc3nnc(C(F)(F)F)n3n2)cc1. The summed E-state index contributed by atoms with van der Waals surface area (Å²) in [4.78, 5) is 0. The van der Waals surface area contributed by atoms with E-state index in [9.17, 15) is 13.2 Å². The van der Waals surface area contributed by atoms with Crippen molar-refractivity contribution < 1.29 is 13.2 Å². The summed E-state index contributed by atoms with van der Waals surface area (Å²) in [6.45, 7) is 2.44. The maximum Gasteiger partial charge on any atom is 0.453 e. The molecule has 0 aliphatic carbocycles. The highest BCUT2D eigenvalue weighted by Gasteiger charge is 2.37. The van der Waals surface area contributed by atoms with Crippen molar-refractivity contribution in [1.82, 2.24) is 19.8 Å². The molecule has 0 saturated heterocycles. The minimum Gasteiger partial charge on any atom is -0.365 e. The van der Waals surface area contributed by atoms with Crippen molar-refractivity contribution in [3.05, 3.63) is 53.3 Å². The number of benzene rings is 1. The summed E-state index contributed by atoms with van der Waals surface area (Å²) < 4.78 is 39.1. The molecule has 1 aromatic carbocycles. The van der Waals surface area contributed by atoms with Gasteiger partial charge in [0, 0.05) is 6.54 Å². The Kier molecular flexibility index (Phi) is 3.44. The highest BCUT2D eigenvalue weighted by Crippen LogP contribution is 2.27. The molecule has 3 aromatic rings. The van der Waals surface area contributed by atoms with Crippen LogP contribution in [0.1, 0.15) is 17.0 Å². The molecule has 0 unspecified atom stereocenters. The largest absolute Gasteiger partial charge is 0.453 e. The summed E-state index contributed by atoms with van der Waals surface area (Å²) >= 11 is 0. The van der Waals surface area contributed by atoms with Gasteiger partial charge >= 0.3 is 6.18 Å². The topological polar surface area (TPSA) is 55.1 Å². The van der Waals surface area contributed by atoms with Gasteiger partial charge < -0.3 is 5.32 Å². The molecule has 0 bridgehead atoms. The number of rotatable bonds is 3. The van der Waals surface area contributed by atoms with Crippen LogP contribution in [-0.4, -0.2) is 19.8 Å². The summed E-state index contributed by atoms with van der Waals surface area (Å²) in [5.74, 6) is -0.820. The first-order chi connectivity index (χ1) is 10.4. The third kappa shape index (κ3) is 2.85. The first-order valence-corrected chi connectivity index (χ1v) is 6.52. The second kappa shape index (κ2) is 5.28. The van der Waals surface area contributed by atoms with Gasteiger partial charge in [-0.05, 0) is 24.6 Å². The van der Waals surface area contributed by atoms with Crippen LogP contribution in [0.4, 0.5) is 19.0 Å². The normalized spacial score (nSPS) is 11.8. The van der Waals surface area contributed by atoms with E-state index in [1.807, 2.05) is 31.2 Å². The molecule has 0 amide bonds. The highest BCUT2D eigenvalue weighted by molar-refractivity contribution is 5.44. The standard InChI is InChI=1S/C14H12F3N5/c1-9-2-4-10(5-3-9)8-18-11-6-7-12-19-20-13(14(15,16)17)22(12)21-11/h2-7H,8H2,1H3,(H,18,21). The molecule has 0 spiro atoms. The van der Waals surface area contributed by atoms with Gasteiger partial charge in [0.25, 0.3) is 5.82 Å². The van der Waals surface area contributed by atoms with Crippen molar-refractivity contribution in [2.45, 2.75) is 19.6 Å². The molecule has 3 rings (SSSR count). The molecule has 1 N–H and O–H groups in total. The number of halogens is 3. The van der Waals surface area contributed by atoms with Crippen LogP contribution < -0.4 is 5.32 Å². The lowest BCUT2D eigenvalue weighted by atomic mass is 10.1. The molecule has 0 fully saturated rings. The molecular weight excluding hydrogens is 295 g/mol. The van der Waals surface area contributed by atoms with Gasteiger partial charge in [0.05, 0.1) is 0 Å². The number of hydrogen-bond donors (Lipinski definition) is 1. The van der Waals surface area contributed by atoms with E-state index in [2.05, 4.69) is 20.6 Å². The summed E-state index contributed by atoms with van der Waals surface area (Å²) in [7, 11) is 0. The van der Waals surface area contributed by atoms with Crippen LogP contribution in [0.3, 0.4) is 0 Å². The van der Waals surface area contributed by atoms with E-state index in [0.717, 1.165) is 11.1 Å². The Balaban J connectivity index is 1.83. The fraction of sp³-hybridized carbons (Fsp3) is 0.214. The third-order valence-corrected chi connectivity index (χ3v) is 3.11. The van der Waals surface area contributed by atoms with E-state index in [1.165, 1.54) is 6.07 Å². The molecule has 0 saturated carbocycles. The number of anilines is 1. The first kappa shape index (κ1) is 14.3. The van der Waals surface area contributed by atoms with E-state index in [-0.39, 0.29) is 5.65 Å². The van der Waals surface area contributed by atoms with Crippen LogP contribution in [0.2, 0.25) is 0 Å². The van der Waals surface area contributed by atoms with Crippen molar-refractivity contribution in [2.24, 2.45) is 0 Å². The maximum absolute atomic E-state index is 12.8. The fourth-order valence-electron chi connectivity index (χ4n) is 1.96. The van der Waals surface area contributed by atoms with Crippen LogP contribution in [0.5, 0.6) is 0 Å². The molecule has 114 valence electrons. The number of hydrogen-bond acceptors (Lipinski definition) is 4. The van der Waals surface area contributed by atoms with Gasteiger partial charge in [-0.25, -0.2) is 0 Å². The zero-order chi connectivity index (χ0) is 15.7. The molecule has 5 nitrogen and oxygen atoms in total. The van der Waals surface area contributed by atoms with Crippen molar-refractivity contribution in [2.75, 3.05) is 5.32 Å². The minimum absolute atomic E-state index is 0.0493. The van der Waals surface area contributed by atoms with Crippen LogP contribution >= 0.6 is 0 Å². The highest BCUT2D eigenvalue weighted by atomic mass is 19.4. The van der Waals surface area contributed by atoms with E-state index in [0.29, 0.717) is 16.9 Å². The molecular formula is C14H12F3N5. The lowest BCUT2D eigenvalue weighted by Crippen LogP contribution is -2.13. The Bertz CT molecular complexity index is 792. The fourth-order valence-corrected chi connectivity index (χ4v) is 1.96. The third-order valence-electron chi connectivity index (χ3n) is 3.11. The molecule has 0 atom stereocenters. The van der Waals surface area contributed by atoms with Crippen LogP contribution in [0, 0.1) is 6.92 Å². The molecule has 8 heteroatoms. The van der Waals surface area contributed by atoms with Gasteiger partial charge in [0.1, 0.15) is 5.82 Å². The molecule has 0 aliphatic heterocycles. The lowest BCUT2D eigenvalue weighted by molar-refractivity contribution is -0.146. The van der Waals surface area contributed by atoms with Gasteiger partial charge in [0.15, 0.2) is 5.65 Å². The van der Waals surface area contributed by atoms with Gasteiger partial charge in [-0.2, -0.15) is 17.7 Å². The second-order valence-corrected chi connectivity index (χ2v) is 4.85. The second-order valence-electron chi connectivity index (χ2n) is 4.85. The Morgan fingerprint density at radius 1 is 1.05 bits per heavy atom. The average molecular weight is 307 g/mol. The van der Waals surface area contributed by atoms with E-state index >= 15 is 0 Å². The van der Waals surface area contributed by atoms with Crippen molar-refractivity contribution >= 4 is 11.5 Å². The Labute approximate surface area is 123 Å². The summed E-state index contributed by atoms with van der Waals surface area (Å²) in [6, 6.07) is 10.8. The molecule has 0 radical (unpaired) electrons. The Morgan fingerprint density at radius 2 is 1.77 bits per heavy atom. The van der Waals surface area contributed by atoms with Gasteiger partial charge in [-0.15, -0.1) is 15.3 Å². The van der Waals surface area contributed by atoms with Crippen LogP contribution in [0.15, 0.2) is 36.4 Å². The number of nitrogens with one attached hydrogen (secondary N) is 1. The predicted octanol–water partition coefficient (Wildman–Crippen LogP) is 3.06. The molecule has 2 aromatic heterocycles. The van der Waals surface area contributed by atoms with Gasteiger partial charge in [0.2, 0.25) is 0 Å². The van der Waals surface area contributed by atoms with E-state index < -0.39 is 12.0 Å². The molecule has 22 heavy (non-hydrogen) atoms. The van der Waals surface area contributed by atoms with Crippen molar-refractivity contribution in [3.63, 3.8) is 0 Å². The van der Waals surface area contributed by atoms with Crippen LogP contribution in [0.25, 0.3) is 5.65 Å². The van der Waals surface area contributed by atoms with E-state index in [1.54, 1.807) is 6.07 Å². The minimum atomic E-state index is -4.60. The monoisotopic (exact) mass is 307 g/mol. The Morgan fingerprint density at radius 3 is 2.45 bits per heavy atom. The molecule has 0 aliphatic rings. The quantitative estimate of drug-likeness (QED) is 0.808. The summed E-state index contributed by atoms with van der Waals surface area (Å²) in [5, 5.41) is 13.5. The zero-order valence-electron chi connectivity index (χ0n) is 11.6. The number of nitrogens with zero attached hydrogens (tertiary/aromatic N) is 4. The first-order valence-electron chi connectivity index (χ1n) is 6.52. The number of fused-ring (bicyclic) bond motifs is 1. The summed E-state index contributed by atoms with van der Waals surface area (Å²) in [6.07, 6.45) is -4.60. The number of alkyl halides is 3. The maximum atomic E-state index is 12.8. The van der Waals surface area contributed by atoms with E-state index in [4.69, 9.17) is 0 Å².